The maximum atomic E-state index is 5.32. The maximum absolute atomic E-state index is 5.32. The molecule has 0 radical (unpaired) electrons. The molecule has 2 heterocycles. The Morgan fingerprint density at radius 1 is 1.41 bits per heavy atom. The van der Waals surface area contributed by atoms with Crippen LogP contribution in [0.5, 0.6) is 0 Å². The lowest BCUT2D eigenvalue weighted by Gasteiger charge is -2.08. The summed E-state index contributed by atoms with van der Waals surface area (Å²) in [6, 6.07) is 8.49. The molecule has 1 unspecified atom stereocenters. The van der Waals surface area contributed by atoms with Crippen molar-refractivity contribution in [2.45, 2.75) is 12.8 Å². The molecule has 3 rings (SSSR count). The van der Waals surface area contributed by atoms with Crippen LogP contribution in [0.1, 0.15) is 12.0 Å². The van der Waals surface area contributed by atoms with Gasteiger partial charge in [-0.25, -0.2) is 4.98 Å². The van der Waals surface area contributed by atoms with Gasteiger partial charge in [-0.15, -0.1) is 0 Å². The quantitative estimate of drug-likeness (QED) is 0.877. The number of aromatic nitrogens is 1. The molecule has 1 N–H and O–H groups in total. The number of oxazole rings is 1. The van der Waals surface area contributed by atoms with E-state index in [1.807, 2.05) is 6.07 Å². The number of rotatable bonds is 3. The Morgan fingerprint density at radius 3 is 3.18 bits per heavy atom. The van der Waals surface area contributed by atoms with E-state index >= 15 is 0 Å². The Bertz CT molecular complexity index is 473. The maximum Gasteiger partial charge on any atom is 0.225 e. The minimum absolute atomic E-state index is 0.705. The van der Waals surface area contributed by atoms with Gasteiger partial charge in [-0.05, 0) is 49.5 Å². The highest BCUT2D eigenvalue weighted by molar-refractivity contribution is 5.54. The molecule has 0 saturated carbocycles. The fourth-order valence-corrected chi connectivity index (χ4v) is 2.42. The van der Waals surface area contributed by atoms with Crippen molar-refractivity contribution < 1.29 is 4.42 Å². The topological polar surface area (TPSA) is 38.1 Å². The average Bonchev–Trinajstić information content (AvgIpc) is 3.01. The number of nitrogens with one attached hydrogen (secondary N) is 1. The Labute approximate surface area is 101 Å². The lowest BCUT2D eigenvalue weighted by Crippen LogP contribution is -2.10. The number of benzene rings is 1. The third kappa shape index (κ3) is 2.39. The highest BCUT2D eigenvalue weighted by atomic mass is 16.3. The summed E-state index contributed by atoms with van der Waals surface area (Å²) in [4.78, 5) is 4.18. The van der Waals surface area contributed by atoms with E-state index in [4.69, 9.17) is 4.42 Å². The molecule has 1 fully saturated rings. The number of nitrogens with zero attached hydrogens (tertiary/aromatic N) is 1. The second kappa shape index (κ2) is 4.72. The molecule has 88 valence electrons. The van der Waals surface area contributed by atoms with Gasteiger partial charge in [0.25, 0.3) is 0 Å². The van der Waals surface area contributed by atoms with Gasteiger partial charge in [0.2, 0.25) is 5.89 Å². The van der Waals surface area contributed by atoms with Crippen molar-refractivity contribution in [3.63, 3.8) is 0 Å². The molecule has 3 nitrogen and oxygen atoms in total. The Morgan fingerprint density at radius 2 is 2.41 bits per heavy atom. The van der Waals surface area contributed by atoms with Crippen LogP contribution in [0.2, 0.25) is 0 Å². The van der Waals surface area contributed by atoms with Gasteiger partial charge in [0.15, 0.2) is 0 Å². The molecule has 1 aliphatic rings. The summed E-state index contributed by atoms with van der Waals surface area (Å²) < 4.78 is 5.32. The van der Waals surface area contributed by atoms with Gasteiger partial charge in [0.1, 0.15) is 6.26 Å². The fraction of sp³-hybridized carbons (Fsp3) is 0.357. The zero-order valence-corrected chi connectivity index (χ0v) is 9.73. The van der Waals surface area contributed by atoms with Crippen LogP contribution >= 0.6 is 0 Å². The van der Waals surface area contributed by atoms with Crippen molar-refractivity contribution >= 4 is 0 Å². The normalized spacial score (nSPS) is 19.6. The summed E-state index contributed by atoms with van der Waals surface area (Å²) in [6.45, 7) is 2.30. The van der Waals surface area contributed by atoms with Crippen LogP contribution in [-0.2, 0) is 6.42 Å². The molecular weight excluding hydrogens is 212 g/mol. The predicted octanol–water partition coefficient (Wildman–Crippen LogP) is 2.49. The highest BCUT2D eigenvalue weighted by Gasteiger charge is 2.15. The van der Waals surface area contributed by atoms with E-state index in [0.717, 1.165) is 31.0 Å². The lowest BCUT2D eigenvalue weighted by molar-refractivity contribution is 0.572. The van der Waals surface area contributed by atoms with Gasteiger partial charge in [-0.3, -0.25) is 0 Å². The van der Waals surface area contributed by atoms with Crippen LogP contribution in [-0.4, -0.2) is 18.1 Å². The third-order valence-electron chi connectivity index (χ3n) is 3.29. The predicted molar refractivity (Wildman–Crippen MR) is 66.6 cm³/mol. The molecular formula is C14H16N2O. The fourth-order valence-electron chi connectivity index (χ4n) is 2.42. The van der Waals surface area contributed by atoms with E-state index in [0.29, 0.717) is 5.89 Å². The van der Waals surface area contributed by atoms with Crippen molar-refractivity contribution in [3.05, 3.63) is 42.3 Å². The summed E-state index contributed by atoms with van der Waals surface area (Å²) in [5.41, 5.74) is 2.44. The molecule has 1 aromatic carbocycles. The molecule has 0 aliphatic carbocycles. The van der Waals surface area contributed by atoms with Crippen molar-refractivity contribution in [3.8, 4) is 11.5 Å². The summed E-state index contributed by atoms with van der Waals surface area (Å²) in [5.74, 6) is 1.48. The first-order valence-corrected chi connectivity index (χ1v) is 6.11. The van der Waals surface area contributed by atoms with Gasteiger partial charge >= 0.3 is 0 Å². The van der Waals surface area contributed by atoms with Gasteiger partial charge < -0.3 is 9.73 Å². The Balaban J connectivity index is 1.79. The Hall–Kier alpha value is -1.61. The van der Waals surface area contributed by atoms with Crippen LogP contribution in [0, 0.1) is 5.92 Å². The smallest absolute Gasteiger partial charge is 0.225 e. The summed E-state index contributed by atoms with van der Waals surface area (Å²) in [5, 5.41) is 3.40. The van der Waals surface area contributed by atoms with Crippen molar-refractivity contribution in [1.82, 2.24) is 10.3 Å². The number of hydrogen-bond acceptors (Lipinski definition) is 3. The van der Waals surface area contributed by atoms with E-state index in [1.165, 1.54) is 12.0 Å². The summed E-state index contributed by atoms with van der Waals surface area (Å²) in [7, 11) is 0. The largest absolute Gasteiger partial charge is 0.445 e. The monoisotopic (exact) mass is 228 g/mol. The van der Waals surface area contributed by atoms with Gasteiger partial charge in [0.05, 0.1) is 6.20 Å². The van der Waals surface area contributed by atoms with Crippen LogP contribution in [0.15, 0.2) is 41.1 Å². The molecule has 1 aromatic heterocycles. The summed E-state index contributed by atoms with van der Waals surface area (Å²) in [6.07, 6.45) is 5.72. The van der Waals surface area contributed by atoms with Crippen LogP contribution < -0.4 is 5.32 Å². The lowest BCUT2D eigenvalue weighted by atomic mass is 9.97. The second-order valence-electron chi connectivity index (χ2n) is 4.60. The average molecular weight is 228 g/mol. The molecule has 0 bridgehead atoms. The van der Waals surface area contributed by atoms with Crippen molar-refractivity contribution in [1.29, 1.82) is 0 Å². The van der Waals surface area contributed by atoms with Gasteiger partial charge in [0, 0.05) is 5.56 Å². The number of hydrogen-bond donors (Lipinski definition) is 1. The molecule has 2 aromatic rings. The van der Waals surface area contributed by atoms with Crippen LogP contribution in [0.25, 0.3) is 11.5 Å². The van der Waals surface area contributed by atoms with Gasteiger partial charge in [-0.1, -0.05) is 12.1 Å². The molecule has 1 aliphatic heterocycles. The minimum atomic E-state index is 0.705. The zero-order chi connectivity index (χ0) is 11.5. The van der Waals surface area contributed by atoms with E-state index < -0.39 is 0 Å². The molecule has 1 saturated heterocycles. The van der Waals surface area contributed by atoms with Crippen molar-refractivity contribution in [2.24, 2.45) is 5.92 Å². The summed E-state index contributed by atoms with van der Waals surface area (Å²) >= 11 is 0. The van der Waals surface area contributed by atoms with E-state index in [2.05, 4.69) is 28.5 Å². The van der Waals surface area contributed by atoms with Crippen LogP contribution in [0.4, 0.5) is 0 Å². The molecule has 0 amide bonds. The van der Waals surface area contributed by atoms with Crippen LogP contribution in [0.3, 0.4) is 0 Å². The SMILES string of the molecule is c1cc(CC2CCNC2)cc(-c2ncco2)c1. The Kier molecular flexibility index (Phi) is 2.92. The first kappa shape index (κ1) is 10.5. The molecule has 17 heavy (non-hydrogen) atoms. The zero-order valence-electron chi connectivity index (χ0n) is 9.73. The van der Waals surface area contributed by atoms with Gasteiger partial charge in [-0.2, -0.15) is 0 Å². The van der Waals surface area contributed by atoms with E-state index in [-0.39, 0.29) is 0 Å². The third-order valence-corrected chi connectivity index (χ3v) is 3.29. The first-order chi connectivity index (χ1) is 8.42. The van der Waals surface area contributed by atoms with Crippen molar-refractivity contribution in [2.75, 3.05) is 13.1 Å². The van der Waals surface area contributed by atoms with E-state index in [9.17, 15) is 0 Å². The molecule has 3 heteroatoms. The highest BCUT2D eigenvalue weighted by Crippen LogP contribution is 2.21. The van der Waals surface area contributed by atoms with E-state index in [1.54, 1.807) is 12.5 Å². The standard InChI is InChI=1S/C14H16N2O/c1-2-11(8-12-4-5-15-10-12)9-13(3-1)14-16-6-7-17-14/h1-3,6-7,9,12,15H,4-5,8,10H2. The molecule has 1 atom stereocenters. The first-order valence-electron chi connectivity index (χ1n) is 6.11. The second-order valence-corrected chi connectivity index (χ2v) is 4.60. The minimum Gasteiger partial charge on any atom is -0.445 e. The molecule has 0 spiro atoms.